The second kappa shape index (κ2) is 8.53. The van der Waals surface area contributed by atoms with Crippen molar-refractivity contribution in [1.29, 1.82) is 0 Å². The molecule has 0 saturated heterocycles. The van der Waals surface area contributed by atoms with Crippen LogP contribution >= 0.6 is 11.3 Å². The number of hydrogen-bond acceptors (Lipinski definition) is 5. The Kier molecular flexibility index (Phi) is 5.53. The smallest absolute Gasteiger partial charge is 0.269 e. The van der Waals surface area contributed by atoms with Crippen LogP contribution in [0.2, 0.25) is 0 Å². The fourth-order valence-corrected chi connectivity index (χ4v) is 5.51. The predicted octanol–water partition coefficient (Wildman–Crippen LogP) is 4.21. The maximum Gasteiger partial charge on any atom is 0.269 e. The van der Waals surface area contributed by atoms with Gasteiger partial charge in [-0.25, -0.2) is 4.98 Å². The third-order valence-corrected chi connectivity index (χ3v) is 7.48. The fourth-order valence-electron chi connectivity index (χ4n) is 4.43. The Morgan fingerprint density at radius 1 is 1.09 bits per heavy atom. The maximum atomic E-state index is 14.0. The first-order valence-electron chi connectivity index (χ1n) is 11.1. The van der Waals surface area contributed by atoms with Crippen LogP contribution in [0.15, 0.2) is 59.7 Å². The third kappa shape index (κ3) is 3.70. The molecule has 8 heteroatoms. The van der Waals surface area contributed by atoms with Gasteiger partial charge < -0.3 is 9.88 Å². The largest absolute Gasteiger partial charge is 0.324 e. The lowest BCUT2D eigenvalue weighted by molar-refractivity contribution is -0.117. The summed E-state index contributed by atoms with van der Waals surface area (Å²) in [6.07, 6.45) is 2.66. The Morgan fingerprint density at radius 3 is 2.59 bits per heavy atom. The van der Waals surface area contributed by atoms with Gasteiger partial charge in [-0.15, -0.1) is 11.3 Å². The highest BCUT2D eigenvalue weighted by molar-refractivity contribution is 7.20. The molecule has 172 valence electrons. The minimum absolute atomic E-state index is 0.189. The van der Waals surface area contributed by atoms with E-state index in [-0.39, 0.29) is 17.4 Å². The van der Waals surface area contributed by atoms with Crippen LogP contribution in [0.25, 0.3) is 10.2 Å². The van der Waals surface area contributed by atoms with E-state index < -0.39 is 6.04 Å². The number of aromatic nitrogens is 2. The predicted molar refractivity (Wildman–Crippen MR) is 135 cm³/mol. The Labute approximate surface area is 200 Å². The summed E-state index contributed by atoms with van der Waals surface area (Å²) in [5.41, 5.74) is 3.93. The normalized spacial score (nSPS) is 15.3. The van der Waals surface area contributed by atoms with Crippen LogP contribution in [0.3, 0.4) is 0 Å². The van der Waals surface area contributed by atoms with E-state index in [2.05, 4.69) is 10.3 Å². The summed E-state index contributed by atoms with van der Waals surface area (Å²) in [6.45, 7) is 3.76. The number of rotatable bonds is 3. The quantitative estimate of drug-likeness (QED) is 0.484. The van der Waals surface area contributed by atoms with E-state index in [0.717, 1.165) is 16.8 Å². The second-order valence-corrected chi connectivity index (χ2v) is 9.61. The number of anilines is 2. The van der Waals surface area contributed by atoms with E-state index in [1.807, 2.05) is 55.5 Å². The molecule has 5 rings (SSSR count). The number of benzene rings is 2. The van der Waals surface area contributed by atoms with Gasteiger partial charge in [0.25, 0.3) is 11.5 Å². The van der Waals surface area contributed by atoms with Crippen LogP contribution in [0.5, 0.6) is 0 Å². The maximum absolute atomic E-state index is 14.0. The summed E-state index contributed by atoms with van der Waals surface area (Å²) in [6, 6.07) is 14.6. The molecule has 1 unspecified atom stereocenters. The molecule has 2 aromatic carbocycles. The number of carbonyl (C=O) groups is 2. The molecule has 34 heavy (non-hydrogen) atoms. The number of nitrogens with one attached hydrogen (secondary N) is 1. The molecule has 3 heterocycles. The van der Waals surface area contributed by atoms with Gasteiger partial charge in [-0.05, 0) is 56.0 Å². The summed E-state index contributed by atoms with van der Waals surface area (Å²) < 4.78 is 1.41. The number of hydrogen-bond donors (Lipinski definition) is 1. The molecule has 1 aliphatic heterocycles. The van der Waals surface area contributed by atoms with Crippen LogP contribution < -0.4 is 15.8 Å². The molecular formula is C26H24N4O3S. The number of amides is 2. The van der Waals surface area contributed by atoms with Crippen molar-refractivity contribution in [2.24, 2.45) is 7.05 Å². The van der Waals surface area contributed by atoms with Gasteiger partial charge in [-0.2, -0.15) is 0 Å². The van der Waals surface area contributed by atoms with E-state index >= 15 is 0 Å². The van der Waals surface area contributed by atoms with Gasteiger partial charge in [0.2, 0.25) is 5.91 Å². The molecule has 4 aromatic rings. The molecule has 2 amide bonds. The zero-order valence-corrected chi connectivity index (χ0v) is 20.0. The lowest BCUT2D eigenvalue weighted by Crippen LogP contribution is -2.50. The monoisotopic (exact) mass is 472 g/mol. The first-order chi connectivity index (χ1) is 16.3. The number of fused-ring (bicyclic) bond motifs is 2. The van der Waals surface area contributed by atoms with Crippen LogP contribution in [0.1, 0.15) is 32.8 Å². The molecule has 0 fully saturated rings. The molecule has 0 spiro atoms. The highest BCUT2D eigenvalue weighted by Crippen LogP contribution is 2.35. The summed E-state index contributed by atoms with van der Waals surface area (Å²) in [4.78, 5) is 47.0. The van der Waals surface area contributed by atoms with Crippen LogP contribution in [-0.2, 0) is 18.3 Å². The second-order valence-electron chi connectivity index (χ2n) is 8.61. The van der Waals surface area contributed by atoms with E-state index in [0.29, 0.717) is 39.2 Å². The molecule has 0 aliphatic carbocycles. The first-order valence-corrected chi connectivity index (χ1v) is 11.9. The molecule has 1 N–H and O–H groups in total. The van der Waals surface area contributed by atoms with Crippen LogP contribution in [-0.4, -0.2) is 27.4 Å². The number of nitrogens with zero attached hydrogens (tertiary/aromatic N) is 3. The van der Waals surface area contributed by atoms with Crippen molar-refractivity contribution in [3.8, 4) is 0 Å². The summed E-state index contributed by atoms with van der Waals surface area (Å²) in [5, 5.41) is 3.42. The van der Waals surface area contributed by atoms with Crippen molar-refractivity contribution in [2.75, 3.05) is 10.2 Å². The molecule has 7 nitrogen and oxygen atoms in total. The summed E-state index contributed by atoms with van der Waals surface area (Å²) in [5.74, 6) is -0.529. The van der Waals surface area contributed by atoms with Crippen molar-refractivity contribution in [3.63, 3.8) is 0 Å². The minimum Gasteiger partial charge on any atom is -0.324 e. The van der Waals surface area contributed by atoms with E-state index in [1.54, 1.807) is 18.9 Å². The van der Waals surface area contributed by atoms with Crippen LogP contribution in [0, 0.1) is 13.8 Å². The van der Waals surface area contributed by atoms with Gasteiger partial charge in [0.15, 0.2) is 0 Å². The molecule has 0 saturated carbocycles. The lowest BCUT2D eigenvalue weighted by atomic mass is 9.94. The SMILES string of the molecule is Cc1ccc(NC(=O)C2CCc3ccccc3N2C(=O)c2sc3ncn(C)c(=O)c3c2C)cc1. The van der Waals surface area contributed by atoms with Crippen molar-refractivity contribution < 1.29 is 9.59 Å². The Balaban J connectivity index is 1.57. The van der Waals surface area contributed by atoms with E-state index in [1.165, 1.54) is 22.2 Å². The Morgan fingerprint density at radius 2 is 1.82 bits per heavy atom. The Bertz CT molecular complexity index is 1490. The third-order valence-electron chi connectivity index (χ3n) is 6.30. The van der Waals surface area contributed by atoms with Crippen molar-refractivity contribution in [1.82, 2.24) is 9.55 Å². The van der Waals surface area contributed by atoms with Gasteiger partial charge >= 0.3 is 0 Å². The van der Waals surface area contributed by atoms with Crippen LogP contribution in [0.4, 0.5) is 11.4 Å². The van der Waals surface area contributed by atoms with Crippen molar-refractivity contribution >= 4 is 44.7 Å². The summed E-state index contributed by atoms with van der Waals surface area (Å²) >= 11 is 1.20. The zero-order chi connectivity index (χ0) is 24.0. The van der Waals surface area contributed by atoms with E-state index in [4.69, 9.17) is 0 Å². The highest BCUT2D eigenvalue weighted by atomic mass is 32.1. The molecule has 2 aromatic heterocycles. The van der Waals surface area contributed by atoms with Crippen molar-refractivity contribution in [2.45, 2.75) is 32.7 Å². The molecule has 1 atom stereocenters. The average molecular weight is 473 g/mol. The van der Waals surface area contributed by atoms with Gasteiger partial charge in [0.1, 0.15) is 10.9 Å². The van der Waals surface area contributed by atoms with E-state index in [9.17, 15) is 14.4 Å². The first kappa shape index (κ1) is 22.0. The molecule has 0 bridgehead atoms. The number of aryl methyl sites for hydroxylation is 4. The standard InChI is InChI=1S/C26H24N4O3S/c1-15-8-11-18(12-9-15)28-23(31)20-13-10-17-6-4-5-7-19(17)30(20)26(33)22-16(2)21-24(34-22)27-14-29(3)25(21)32/h4-9,11-12,14,20H,10,13H2,1-3H3,(H,28,31). The zero-order valence-electron chi connectivity index (χ0n) is 19.2. The molecule has 1 aliphatic rings. The summed E-state index contributed by atoms with van der Waals surface area (Å²) in [7, 11) is 1.64. The average Bonchev–Trinajstić information content (AvgIpc) is 3.18. The van der Waals surface area contributed by atoms with Gasteiger partial charge in [-0.3, -0.25) is 19.3 Å². The fraction of sp³-hybridized carbons (Fsp3) is 0.231. The van der Waals surface area contributed by atoms with Crippen molar-refractivity contribution in [3.05, 3.63) is 86.8 Å². The van der Waals surface area contributed by atoms with Gasteiger partial charge in [0.05, 0.1) is 16.6 Å². The number of para-hydroxylation sites is 1. The molecular weight excluding hydrogens is 448 g/mol. The Hall–Kier alpha value is -3.78. The lowest BCUT2D eigenvalue weighted by Gasteiger charge is -2.36. The van der Waals surface area contributed by atoms with Gasteiger partial charge in [0, 0.05) is 18.4 Å². The highest BCUT2D eigenvalue weighted by Gasteiger charge is 2.37. The molecule has 0 radical (unpaired) electrons. The topological polar surface area (TPSA) is 84.3 Å². The number of thiophene rings is 1. The minimum atomic E-state index is -0.677. The van der Waals surface area contributed by atoms with Gasteiger partial charge in [-0.1, -0.05) is 35.9 Å². The number of carbonyl (C=O) groups excluding carboxylic acids is 2.